The number of hydrogen-bond acceptors (Lipinski definition) is 5. The summed E-state index contributed by atoms with van der Waals surface area (Å²) in [6, 6.07) is 4.54. The number of fused-ring (bicyclic) bond motifs is 5. The summed E-state index contributed by atoms with van der Waals surface area (Å²) in [6.45, 7) is 3.44. The number of rotatable bonds is 2. The van der Waals surface area contributed by atoms with Gasteiger partial charge in [-0.1, -0.05) is 12.1 Å². The lowest BCUT2D eigenvalue weighted by Gasteiger charge is -2.18. The molecule has 0 radical (unpaired) electrons. The SMILES string of the molecule is Cc1ccc(-n2c(O)c3c(c2O)C2(C)C=CC3O2)cc1[N+](=O)[O-]. The van der Waals surface area contributed by atoms with Gasteiger partial charge in [0.2, 0.25) is 11.8 Å². The smallest absolute Gasteiger partial charge is 0.274 e. The summed E-state index contributed by atoms with van der Waals surface area (Å²) in [5.41, 5.74) is 0.994. The Bertz CT molecular complexity index is 898. The molecule has 2 bridgehead atoms. The van der Waals surface area contributed by atoms with Crippen molar-refractivity contribution in [3.8, 4) is 17.4 Å². The summed E-state index contributed by atoms with van der Waals surface area (Å²) in [4.78, 5) is 10.6. The number of aryl methyl sites for hydroxylation is 1. The van der Waals surface area contributed by atoms with E-state index in [0.717, 1.165) is 0 Å². The Kier molecular flexibility index (Phi) is 2.49. The van der Waals surface area contributed by atoms with Crippen molar-refractivity contribution in [3.63, 3.8) is 0 Å². The molecule has 118 valence electrons. The highest BCUT2D eigenvalue weighted by atomic mass is 16.6. The molecule has 4 rings (SSSR count). The number of nitro groups is 1. The van der Waals surface area contributed by atoms with E-state index in [1.165, 1.54) is 10.6 Å². The van der Waals surface area contributed by atoms with Crippen LogP contribution >= 0.6 is 0 Å². The number of aromatic hydroxyl groups is 2. The molecule has 2 unspecified atom stereocenters. The molecule has 0 fully saturated rings. The van der Waals surface area contributed by atoms with Gasteiger partial charge in [-0.2, -0.15) is 0 Å². The predicted octanol–water partition coefficient (Wildman–Crippen LogP) is 2.96. The van der Waals surface area contributed by atoms with Gasteiger partial charge in [-0.25, -0.2) is 0 Å². The first kappa shape index (κ1) is 13.8. The van der Waals surface area contributed by atoms with E-state index < -0.39 is 16.6 Å². The van der Waals surface area contributed by atoms with Crippen LogP contribution in [0.5, 0.6) is 11.8 Å². The van der Waals surface area contributed by atoms with E-state index in [9.17, 15) is 20.3 Å². The van der Waals surface area contributed by atoms with E-state index in [4.69, 9.17) is 4.74 Å². The van der Waals surface area contributed by atoms with Crippen LogP contribution in [0.4, 0.5) is 5.69 Å². The molecule has 7 nitrogen and oxygen atoms in total. The number of benzene rings is 1. The minimum absolute atomic E-state index is 0.0706. The highest BCUT2D eigenvalue weighted by molar-refractivity contribution is 5.63. The van der Waals surface area contributed by atoms with Crippen molar-refractivity contribution >= 4 is 5.69 Å². The lowest BCUT2D eigenvalue weighted by Crippen LogP contribution is -2.14. The maximum atomic E-state index is 11.1. The number of hydrogen-bond donors (Lipinski definition) is 2. The molecule has 0 saturated heterocycles. The van der Waals surface area contributed by atoms with Crippen molar-refractivity contribution in [2.24, 2.45) is 0 Å². The van der Waals surface area contributed by atoms with E-state index in [1.54, 1.807) is 26.0 Å². The van der Waals surface area contributed by atoms with Gasteiger partial charge in [-0.05, 0) is 26.0 Å². The fourth-order valence-corrected chi connectivity index (χ4v) is 3.41. The maximum Gasteiger partial charge on any atom is 0.274 e. The zero-order valence-electron chi connectivity index (χ0n) is 12.5. The first-order chi connectivity index (χ1) is 10.8. The molecule has 0 amide bonds. The monoisotopic (exact) mass is 314 g/mol. The third-order valence-corrected chi connectivity index (χ3v) is 4.55. The van der Waals surface area contributed by atoms with Gasteiger partial charge in [0.25, 0.3) is 5.69 Å². The molecule has 0 saturated carbocycles. The van der Waals surface area contributed by atoms with Gasteiger partial charge >= 0.3 is 0 Å². The quantitative estimate of drug-likeness (QED) is 0.504. The molecule has 2 N–H and O–H groups in total. The molecule has 2 aliphatic heterocycles. The van der Waals surface area contributed by atoms with Gasteiger partial charge in [-0.15, -0.1) is 0 Å². The van der Waals surface area contributed by atoms with Crippen LogP contribution in [0.2, 0.25) is 0 Å². The van der Waals surface area contributed by atoms with Gasteiger partial charge in [-0.3, -0.25) is 14.7 Å². The third kappa shape index (κ3) is 1.62. The van der Waals surface area contributed by atoms with Gasteiger partial charge in [0.05, 0.1) is 21.7 Å². The van der Waals surface area contributed by atoms with Crippen LogP contribution < -0.4 is 0 Å². The Morgan fingerprint density at radius 1 is 1.35 bits per heavy atom. The third-order valence-electron chi connectivity index (χ3n) is 4.55. The molecular weight excluding hydrogens is 300 g/mol. The molecule has 7 heteroatoms. The van der Waals surface area contributed by atoms with Crippen LogP contribution in [0.3, 0.4) is 0 Å². The van der Waals surface area contributed by atoms with Crippen molar-refractivity contribution in [3.05, 3.63) is 57.2 Å². The number of ether oxygens (including phenoxy) is 1. The molecule has 1 aromatic carbocycles. The summed E-state index contributed by atoms with van der Waals surface area (Å²) in [6.07, 6.45) is 3.24. The normalized spacial score (nSPS) is 24.2. The first-order valence-corrected chi connectivity index (χ1v) is 7.13. The van der Waals surface area contributed by atoms with Gasteiger partial charge in [0, 0.05) is 11.6 Å². The fourth-order valence-electron chi connectivity index (χ4n) is 3.41. The molecule has 23 heavy (non-hydrogen) atoms. The van der Waals surface area contributed by atoms with Crippen LogP contribution in [0.25, 0.3) is 5.69 Å². The van der Waals surface area contributed by atoms with E-state index in [1.807, 2.05) is 12.2 Å². The van der Waals surface area contributed by atoms with Crippen molar-refractivity contribution in [2.45, 2.75) is 25.6 Å². The molecule has 2 aliphatic rings. The van der Waals surface area contributed by atoms with Crippen LogP contribution in [0.15, 0.2) is 30.4 Å². The minimum Gasteiger partial charge on any atom is -0.494 e. The summed E-state index contributed by atoms with van der Waals surface area (Å²) < 4.78 is 6.97. The fraction of sp³-hybridized carbons (Fsp3) is 0.250. The largest absolute Gasteiger partial charge is 0.494 e. The lowest BCUT2D eigenvalue weighted by molar-refractivity contribution is -0.385. The lowest BCUT2D eigenvalue weighted by atomic mass is 9.91. The zero-order valence-corrected chi connectivity index (χ0v) is 12.5. The molecular formula is C16H14N2O5. The summed E-state index contributed by atoms with van der Waals surface area (Å²) in [5, 5.41) is 32.2. The molecule has 0 spiro atoms. The standard InChI is InChI=1S/C16H14N2O5/c1-8-3-4-9(7-10(8)18(21)22)17-14(19)12-11-5-6-16(2,23-11)13(12)15(17)20/h3-7,11,19-20H,1-2H3. The first-order valence-electron chi connectivity index (χ1n) is 7.13. The summed E-state index contributed by atoms with van der Waals surface area (Å²) in [7, 11) is 0. The van der Waals surface area contributed by atoms with Gasteiger partial charge in [0.1, 0.15) is 11.7 Å². The van der Waals surface area contributed by atoms with Crippen molar-refractivity contribution in [1.82, 2.24) is 4.57 Å². The second-order valence-electron chi connectivity index (χ2n) is 6.00. The van der Waals surface area contributed by atoms with Crippen LogP contribution in [0.1, 0.15) is 29.7 Å². The molecule has 1 aromatic heterocycles. The Balaban J connectivity index is 1.95. The van der Waals surface area contributed by atoms with E-state index in [-0.39, 0.29) is 17.4 Å². The van der Waals surface area contributed by atoms with Crippen molar-refractivity contribution < 1.29 is 19.9 Å². The molecule has 0 aliphatic carbocycles. The second kappa shape index (κ2) is 4.14. The Labute approximate surface area is 131 Å². The highest BCUT2D eigenvalue weighted by Crippen LogP contribution is 2.58. The topological polar surface area (TPSA) is 97.8 Å². The van der Waals surface area contributed by atoms with Gasteiger partial charge < -0.3 is 14.9 Å². The van der Waals surface area contributed by atoms with E-state index in [2.05, 4.69) is 0 Å². The van der Waals surface area contributed by atoms with Crippen molar-refractivity contribution in [1.29, 1.82) is 0 Å². The van der Waals surface area contributed by atoms with Crippen LogP contribution in [-0.4, -0.2) is 19.7 Å². The van der Waals surface area contributed by atoms with Crippen molar-refractivity contribution in [2.75, 3.05) is 0 Å². The second-order valence-corrected chi connectivity index (χ2v) is 6.00. The zero-order chi connectivity index (χ0) is 16.5. The van der Waals surface area contributed by atoms with Crippen LogP contribution in [-0.2, 0) is 10.3 Å². The van der Waals surface area contributed by atoms with E-state index in [0.29, 0.717) is 22.4 Å². The predicted molar refractivity (Wildman–Crippen MR) is 80.8 cm³/mol. The number of nitrogens with zero attached hydrogens (tertiary/aromatic N) is 2. The Morgan fingerprint density at radius 3 is 2.74 bits per heavy atom. The Morgan fingerprint density at radius 2 is 2.09 bits per heavy atom. The average molecular weight is 314 g/mol. The molecule has 2 atom stereocenters. The highest BCUT2D eigenvalue weighted by Gasteiger charge is 2.50. The number of nitro benzene ring substituents is 1. The summed E-state index contributed by atoms with van der Waals surface area (Å²) >= 11 is 0. The Hall–Kier alpha value is -2.80. The molecule has 3 heterocycles. The maximum absolute atomic E-state index is 11.1. The van der Waals surface area contributed by atoms with E-state index >= 15 is 0 Å². The average Bonchev–Trinajstić information content (AvgIpc) is 3.09. The minimum atomic E-state index is -0.788. The van der Waals surface area contributed by atoms with Gasteiger partial charge in [0.15, 0.2) is 0 Å². The van der Waals surface area contributed by atoms with Crippen LogP contribution in [0, 0.1) is 17.0 Å². The molecule has 2 aromatic rings. The number of aromatic nitrogens is 1. The summed E-state index contributed by atoms with van der Waals surface area (Å²) in [5.74, 6) is -0.321.